The van der Waals surface area contributed by atoms with Crippen LogP contribution in [-0.2, 0) is 4.79 Å². The summed E-state index contributed by atoms with van der Waals surface area (Å²) in [6, 6.07) is 15.4. The second-order valence-electron chi connectivity index (χ2n) is 7.17. The van der Waals surface area contributed by atoms with E-state index < -0.39 is 6.04 Å². The maximum atomic E-state index is 12.6. The topological polar surface area (TPSA) is 67.6 Å². The Labute approximate surface area is 161 Å². The molecule has 2 aromatic carbocycles. The van der Waals surface area contributed by atoms with E-state index in [1.54, 1.807) is 7.11 Å². The van der Waals surface area contributed by atoms with Gasteiger partial charge < -0.3 is 15.8 Å². The molecule has 0 radical (unpaired) electrons. The number of hydrogen-bond acceptors (Lipinski definition) is 4. The Morgan fingerprint density at radius 1 is 1.07 bits per heavy atom. The summed E-state index contributed by atoms with van der Waals surface area (Å²) in [5.41, 5.74) is 9.33. The number of ether oxygens (including phenoxy) is 1. The van der Waals surface area contributed by atoms with Crippen LogP contribution in [0.2, 0.25) is 0 Å². The summed E-state index contributed by atoms with van der Waals surface area (Å²) >= 11 is 0. The van der Waals surface area contributed by atoms with E-state index in [1.165, 1.54) is 18.4 Å². The Hall–Kier alpha value is -2.37. The summed E-state index contributed by atoms with van der Waals surface area (Å²) < 4.78 is 5.26. The van der Waals surface area contributed by atoms with Crippen LogP contribution in [0, 0.1) is 6.92 Å². The molecule has 2 atom stereocenters. The molecule has 2 aromatic rings. The molecular weight excluding hydrogens is 338 g/mol. The molecule has 5 nitrogen and oxygen atoms in total. The minimum Gasteiger partial charge on any atom is -0.497 e. The van der Waals surface area contributed by atoms with Gasteiger partial charge in [-0.3, -0.25) is 9.69 Å². The van der Waals surface area contributed by atoms with E-state index in [0.29, 0.717) is 6.54 Å². The van der Waals surface area contributed by atoms with Gasteiger partial charge in [0.05, 0.1) is 13.2 Å². The number of nitrogens with two attached hydrogens (primary N) is 1. The van der Waals surface area contributed by atoms with Gasteiger partial charge in [-0.25, -0.2) is 0 Å². The van der Waals surface area contributed by atoms with Gasteiger partial charge in [-0.1, -0.05) is 42.0 Å². The van der Waals surface area contributed by atoms with Gasteiger partial charge in [0.2, 0.25) is 5.91 Å². The van der Waals surface area contributed by atoms with Crippen molar-refractivity contribution in [3.8, 4) is 5.75 Å². The van der Waals surface area contributed by atoms with Crippen molar-refractivity contribution in [3.63, 3.8) is 0 Å². The first-order valence-corrected chi connectivity index (χ1v) is 9.56. The van der Waals surface area contributed by atoms with Crippen molar-refractivity contribution < 1.29 is 9.53 Å². The number of aryl methyl sites for hydroxylation is 1. The average molecular weight is 367 g/mol. The van der Waals surface area contributed by atoms with Gasteiger partial charge in [0, 0.05) is 6.54 Å². The first-order valence-electron chi connectivity index (χ1n) is 9.56. The van der Waals surface area contributed by atoms with Crippen molar-refractivity contribution in [2.24, 2.45) is 5.73 Å². The maximum absolute atomic E-state index is 12.6. The maximum Gasteiger partial charge on any atom is 0.241 e. The molecule has 0 bridgehead atoms. The number of amides is 1. The zero-order valence-corrected chi connectivity index (χ0v) is 16.2. The van der Waals surface area contributed by atoms with E-state index in [-0.39, 0.29) is 11.9 Å². The van der Waals surface area contributed by atoms with E-state index in [1.807, 2.05) is 43.3 Å². The summed E-state index contributed by atoms with van der Waals surface area (Å²) in [7, 11) is 1.67. The Kier molecular flexibility index (Phi) is 6.48. The van der Waals surface area contributed by atoms with Crippen LogP contribution in [-0.4, -0.2) is 37.6 Å². The summed E-state index contributed by atoms with van der Waals surface area (Å²) in [6.45, 7) is 4.67. The van der Waals surface area contributed by atoms with E-state index in [9.17, 15) is 4.79 Å². The van der Waals surface area contributed by atoms with Crippen molar-refractivity contribution >= 4 is 5.91 Å². The lowest BCUT2D eigenvalue weighted by atomic mass is 10.0. The van der Waals surface area contributed by atoms with Crippen LogP contribution in [0.3, 0.4) is 0 Å². The van der Waals surface area contributed by atoms with Crippen molar-refractivity contribution in [3.05, 3.63) is 65.2 Å². The lowest BCUT2D eigenvalue weighted by molar-refractivity contribution is -0.122. The van der Waals surface area contributed by atoms with Crippen LogP contribution in [0.5, 0.6) is 5.75 Å². The predicted octanol–water partition coefficient (Wildman–Crippen LogP) is 2.96. The monoisotopic (exact) mass is 367 g/mol. The SMILES string of the molecule is COc1ccc(C(CNC(=O)C(N)c2ccc(C)cc2)N2CCCC2)cc1. The van der Waals surface area contributed by atoms with E-state index in [2.05, 4.69) is 22.3 Å². The molecule has 1 saturated heterocycles. The zero-order chi connectivity index (χ0) is 19.2. The molecule has 144 valence electrons. The van der Waals surface area contributed by atoms with E-state index in [4.69, 9.17) is 10.5 Å². The first kappa shape index (κ1) is 19.4. The normalized spacial score (nSPS) is 16.7. The number of carbonyl (C=O) groups excluding carboxylic acids is 1. The number of rotatable bonds is 7. The molecule has 3 rings (SSSR count). The van der Waals surface area contributed by atoms with Gasteiger partial charge >= 0.3 is 0 Å². The molecule has 1 aliphatic heterocycles. The minimum atomic E-state index is -0.652. The van der Waals surface area contributed by atoms with E-state index >= 15 is 0 Å². The highest BCUT2D eigenvalue weighted by Crippen LogP contribution is 2.26. The molecule has 0 spiro atoms. The Morgan fingerprint density at radius 3 is 2.26 bits per heavy atom. The van der Waals surface area contributed by atoms with Crippen LogP contribution < -0.4 is 15.8 Å². The third-order valence-corrected chi connectivity index (χ3v) is 5.27. The van der Waals surface area contributed by atoms with Crippen molar-refractivity contribution in [2.75, 3.05) is 26.7 Å². The second kappa shape index (κ2) is 9.02. The van der Waals surface area contributed by atoms with Crippen LogP contribution in [0.25, 0.3) is 0 Å². The molecule has 0 aliphatic carbocycles. The van der Waals surface area contributed by atoms with Gasteiger partial charge in [0.15, 0.2) is 0 Å². The fraction of sp³-hybridized carbons (Fsp3) is 0.409. The largest absolute Gasteiger partial charge is 0.497 e. The molecule has 1 fully saturated rings. The molecule has 0 saturated carbocycles. The number of nitrogens with one attached hydrogen (secondary N) is 1. The molecule has 27 heavy (non-hydrogen) atoms. The zero-order valence-electron chi connectivity index (χ0n) is 16.2. The molecule has 5 heteroatoms. The number of benzene rings is 2. The molecule has 1 aliphatic rings. The smallest absolute Gasteiger partial charge is 0.241 e. The number of hydrogen-bond donors (Lipinski definition) is 2. The number of carbonyl (C=O) groups is 1. The summed E-state index contributed by atoms with van der Waals surface area (Å²) in [4.78, 5) is 15.0. The van der Waals surface area contributed by atoms with Crippen LogP contribution in [0.1, 0.15) is 41.6 Å². The predicted molar refractivity (Wildman–Crippen MR) is 108 cm³/mol. The van der Waals surface area contributed by atoms with Gasteiger partial charge in [-0.15, -0.1) is 0 Å². The number of methoxy groups -OCH3 is 1. The quantitative estimate of drug-likeness (QED) is 0.790. The molecule has 0 aromatic heterocycles. The Bertz CT molecular complexity index is 737. The third kappa shape index (κ3) is 4.87. The van der Waals surface area contributed by atoms with Gasteiger partial charge in [-0.05, 0) is 56.1 Å². The van der Waals surface area contributed by atoms with Crippen molar-refractivity contribution in [2.45, 2.75) is 31.8 Å². The van der Waals surface area contributed by atoms with Crippen LogP contribution in [0.4, 0.5) is 0 Å². The molecule has 3 N–H and O–H groups in total. The summed E-state index contributed by atoms with van der Waals surface area (Å²) in [5.74, 6) is 0.695. The molecule has 1 amide bonds. The molecule has 2 unspecified atom stereocenters. The fourth-order valence-electron chi connectivity index (χ4n) is 3.57. The average Bonchev–Trinajstić information content (AvgIpc) is 3.23. The van der Waals surface area contributed by atoms with Gasteiger partial charge in [-0.2, -0.15) is 0 Å². The van der Waals surface area contributed by atoms with Gasteiger partial charge in [0.25, 0.3) is 0 Å². The van der Waals surface area contributed by atoms with Crippen LogP contribution >= 0.6 is 0 Å². The minimum absolute atomic E-state index is 0.142. The van der Waals surface area contributed by atoms with Crippen molar-refractivity contribution in [1.29, 1.82) is 0 Å². The third-order valence-electron chi connectivity index (χ3n) is 5.27. The second-order valence-corrected chi connectivity index (χ2v) is 7.17. The lowest BCUT2D eigenvalue weighted by Crippen LogP contribution is -2.40. The lowest BCUT2D eigenvalue weighted by Gasteiger charge is -2.29. The van der Waals surface area contributed by atoms with E-state index in [0.717, 1.165) is 30.0 Å². The molecule has 1 heterocycles. The molecular formula is C22H29N3O2. The standard InChI is InChI=1S/C22H29N3O2/c1-16-5-7-18(8-6-16)21(23)22(26)24-15-20(25-13-3-4-14-25)17-9-11-19(27-2)12-10-17/h5-12,20-21H,3-4,13-15,23H2,1-2H3,(H,24,26). The fourth-order valence-corrected chi connectivity index (χ4v) is 3.57. The van der Waals surface area contributed by atoms with Crippen LogP contribution in [0.15, 0.2) is 48.5 Å². The number of likely N-dealkylation sites (tertiary alicyclic amines) is 1. The summed E-state index contributed by atoms with van der Waals surface area (Å²) in [5, 5.41) is 3.06. The highest BCUT2D eigenvalue weighted by atomic mass is 16.5. The first-order chi connectivity index (χ1) is 13.1. The highest BCUT2D eigenvalue weighted by molar-refractivity contribution is 5.83. The number of nitrogens with zero attached hydrogens (tertiary/aromatic N) is 1. The van der Waals surface area contributed by atoms with Gasteiger partial charge in [0.1, 0.15) is 11.8 Å². The summed E-state index contributed by atoms with van der Waals surface area (Å²) in [6.07, 6.45) is 2.40. The Morgan fingerprint density at radius 2 is 1.67 bits per heavy atom. The highest BCUT2D eigenvalue weighted by Gasteiger charge is 2.25. The Balaban J connectivity index is 1.68. The van der Waals surface area contributed by atoms with Crippen molar-refractivity contribution in [1.82, 2.24) is 10.2 Å².